The zero-order valence-corrected chi connectivity index (χ0v) is 16.0. The highest BCUT2D eigenvalue weighted by atomic mass is 32.2. The SMILES string of the molecule is COc1ccc2c3c(cnc2n1)COCN3Cc1c(F)cc(S(N)(=O)=O)cc1F. The highest BCUT2D eigenvalue weighted by Crippen LogP contribution is 2.35. The molecule has 3 heterocycles. The maximum absolute atomic E-state index is 14.5. The number of hydrogen-bond acceptors (Lipinski definition) is 7. The first-order chi connectivity index (χ1) is 13.8. The van der Waals surface area contributed by atoms with Gasteiger partial charge in [0.2, 0.25) is 15.9 Å². The van der Waals surface area contributed by atoms with Gasteiger partial charge in [-0.15, -0.1) is 0 Å². The summed E-state index contributed by atoms with van der Waals surface area (Å²) in [5.41, 5.74) is 1.53. The molecule has 2 N–H and O–H groups in total. The van der Waals surface area contributed by atoms with Gasteiger partial charge >= 0.3 is 0 Å². The van der Waals surface area contributed by atoms with Crippen molar-refractivity contribution >= 4 is 26.7 Å². The van der Waals surface area contributed by atoms with Gasteiger partial charge in [-0.25, -0.2) is 27.3 Å². The number of nitrogens with two attached hydrogens (primary N) is 1. The van der Waals surface area contributed by atoms with Crippen molar-refractivity contribution in [3.05, 3.63) is 53.2 Å². The molecule has 3 aromatic rings. The lowest BCUT2D eigenvalue weighted by atomic mass is 10.1. The molecule has 11 heteroatoms. The Morgan fingerprint density at radius 1 is 1.28 bits per heavy atom. The number of hydrogen-bond donors (Lipinski definition) is 1. The predicted molar refractivity (Wildman–Crippen MR) is 99.7 cm³/mol. The van der Waals surface area contributed by atoms with Crippen LogP contribution in [-0.2, 0) is 27.9 Å². The molecule has 29 heavy (non-hydrogen) atoms. The Morgan fingerprint density at radius 2 is 2.00 bits per heavy atom. The van der Waals surface area contributed by atoms with Crippen LogP contribution in [0.4, 0.5) is 14.5 Å². The molecule has 0 bridgehead atoms. The molecule has 152 valence electrons. The van der Waals surface area contributed by atoms with E-state index in [4.69, 9.17) is 14.6 Å². The van der Waals surface area contributed by atoms with Crippen molar-refractivity contribution in [2.24, 2.45) is 5.14 Å². The molecule has 0 spiro atoms. The molecule has 1 aliphatic rings. The molecule has 4 rings (SSSR count). The number of fused-ring (bicyclic) bond motifs is 3. The number of halogens is 2. The Hall–Kier alpha value is -2.89. The monoisotopic (exact) mass is 422 g/mol. The molecule has 2 aromatic heterocycles. The van der Waals surface area contributed by atoms with E-state index in [0.29, 0.717) is 34.7 Å². The second kappa shape index (κ2) is 7.17. The summed E-state index contributed by atoms with van der Waals surface area (Å²) in [5, 5.41) is 5.64. The van der Waals surface area contributed by atoms with Crippen LogP contribution in [0.1, 0.15) is 11.1 Å². The van der Waals surface area contributed by atoms with Crippen molar-refractivity contribution in [1.29, 1.82) is 0 Å². The van der Waals surface area contributed by atoms with Crippen LogP contribution >= 0.6 is 0 Å². The Labute approximate surface area is 164 Å². The average Bonchev–Trinajstić information content (AvgIpc) is 2.69. The summed E-state index contributed by atoms with van der Waals surface area (Å²) in [6, 6.07) is 4.84. The number of aromatic nitrogens is 2. The van der Waals surface area contributed by atoms with E-state index in [0.717, 1.165) is 5.56 Å². The standard InChI is InChI=1S/C18H16F2N4O4S/c1-27-16-3-2-12-17-10(6-22-18(12)23-16)8-28-9-24(17)7-13-14(19)4-11(5-15(13)20)29(21,25)26/h2-6H,7-9H2,1H3,(H2,21,25,26). The normalized spacial score (nSPS) is 14.1. The largest absolute Gasteiger partial charge is 0.481 e. The number of sulfonamides is 1. The Bertz CT molecular complexity index is 1200. The van der Waals surface area contributed by atoms with Gasteiger partial charge in [-0.1, -0.05) is 0 Å². The van der Waals surface area contributed by atoms with Crippen LogP contribution in [0.2, 0.25) is 0 Å². The first kappa shape index (κ1) is 19.4. The maximum atomic E-state index is 14.5. The summed E-state index contributed by atoms with van der Waals surface area (Å²) in [6.07, 6.45) is 1.59. The van der Waals surface area contributed by atoms with Crippen molar-refractivity contribution in [2.75, 3.05) is 18.7 Å². The Balaban J connectivity index is 1.79. The van der Waals surface area contributed by atoms with Gasteiger partial charge < -0.3 is 14.4 Å². The summed E-state index contributed by atoms with van der Waals surface area (Å²) < 4.78 is 62.4. The van der Waals surface area contributed by atoms with Crippen LogP contribution < -0.4 is 14.8 Å². The van der Waals surface area contributed by atoms with E-state index in [1.165, 1.54) is 7.11 Å². The third-order valence-corrected chi connectivity index (χ3v) is 5.47. The van der Waals surface area contributed by atoms with Gasteiger partial charge in [-0.05, 0) is 18.2 Å². The number of anilines is 1. The second-order valence-electron chi connectivity index (χ2n) is 6.44. The van der Waals surface area contributed by atoms with E-state index in [1.54, 1.807) is 23.2 Å². The Kier molecular flexibility index (Phi) is 4.81. The van der Waals surface area contributed by atoms with Gasteiger partial charge in [-0.3, -0.25) is 0 Å². The average molecular weight is 422 g/mol. The minimum Gasteiger partial charge on any atom is -0.481 e. The predicted octanol–water partition coefficient (Wildman–Crippen LogP) is 2.06. The second-order valence-corrected chi connectivity index (χ2v) is 8.00. The van der Waals surface area contributed by atoms with E-state index in [9.17, 15) is 17.2 Å². The molecule has 0 amide bonds. The maximum Gasteiger partial charge on any atom is 0.238 e. The molecular formula is C18H16F2N4O4S. The smallest absolute Gasteiger partial charge is 0.238 e. The van der Waals surface area contributed by atoms with E-state index >= 15 is 0 Å². The fourth-order valence-electron chi connectivity index (χ4n) is 3.22. The van der Waals surface area contributed by atoms with Gasteiger partial charge in [0, 0.05) is 28.8 Å². The van der Waals surface area contributed by atoms with Crippen molar-refractivity contribution in [2.45, 2.75) is 18.0 Å². The number of ether oxygens (including phenoxy) is 2. The molecule has 0 atom stereocenters. The summed E-state index contributed by atoms with van der Waals surface area (Å²) in [5.74, 6) is -1.64. The summed E-state index contributed by atoms with van der Waals surface area (Å²) in [4.78, 5) is 9.59. The van der Waals surface area contributed by atoms with E-state index in [-0.39, 0.29) is 25.4 Å². The van der Waals surface area contributed by atoms with Gasteiger partial charge in [0.25, 0.3) is 0 Å². The number of nitrogens with zero attached hydrogens (tertiary/aromatic N) is 3. The Morgan fingerprint density at radius 3 is 2.66 bits per heavy atom. The van der Waals surface area contributed by atoms with Crippen LogP contribution in [-0.4, -0.2) is 32.2 Å². The number of benzene rings is 1. The topological polar surface area (TPSA) is 108 Å². The van der Waals surface area contributed by atoms with Crippen LogP contribution in [0.5, 0.6) is 5.88 Å². The molecule has 0 saturated carbocycles. The number of pyridine rings is 2. The first-order valence-corrected chi connectivity index (χ1v) is 9.98. The summed E-state index contributed by atoms with van der Waals surface area (Å²) >= 11 is 0. The van der Waals surface area contributed by atoms with Crippen molar-refractivity contribution in [3.63, 3.8) is 0 Å². The van der Waals surface area contributed by atoms with Crippen LogP contribution in [0, 0.1) is 11.6 Å². The lowest BCUT2D eigenvalue weighted by Gasteiger charge is -2.32. The molecular weight excluding hydrogens is 406 g/mol. The van der Waals surface area contributed by atoms with Gasteiger partial charge in [0.1, 0.15) is 18.4 Å². The minimum atomic E-state index is -4.23. The zero-order valence-electron chi connectivity index (χ0n) is 15.2. The number of methoxy groups -OCH3 is 1. The van der Waals surface area contributed by atoms with E-state index < -0.39 is 26.6 Å². The molecule has 0 fully saturated rings. The molecule has 0 aliphatic carbocycles. The molecule has 0 radical (unpaired) electrons. The first-order valence-electron chi connectivity index (χ1n) is 8.44. The quantitative estimate of drug-likeness (QED) is 0.686. The lowest BCUT2D eigenvalue weighted by Crippen LogP contribution is -2.31. The van der Waals surface area contributed by atoms with Crippen molar-refractivity contribution in [1.82, 2.24) is 9.97 Å². The zero-order chi connectivity index (χ0) is 20.8. The number of rotatable bonds is 4. The van der Waals surface area contributed by atoms with E-state index in [1.807, 2.05) is 0 Å². The van der Waals surface area contributed by atoms with Crippen LogP contribution in [0.15, 0.2) is 35.4 Å². The van der Waals surface area contributed by atoms with Crippen molar-refractivity contribution in [3.8, 4) is 5.88 Å². The van der Waals surface area contributed by atoms with Crippen LogP contribution in [0.25, 0.3) is 11.0 Å². The molecule has 1 aromatic carbocycles. The van der Waals surface area contributed by atoms with E-state index in [2.05, 4.69) is 9.97 Å². The number of primary sulfonamides is 1. The van der Waals surface area contributed by atoms with Gasteiger partial charge in [-0.2, -0.15) is 4.98 Å². The molecule has 1 aliphatic heterocycles. The summed E-state index contributed by atoms with van der Waals surface area (Å²) in [7, 11) is -2.74. The summed E-state index contributed by atoms with van der Waals surface area (Å²) in [6.45, 7) is 0.171. The fraction of sp³-hybridized carbons (Fsp3) is 0.222. The highest BCUT2D eigenvalue weighted by Gasteiger charge is 2.25. The van der Waals surface area contributed by atoms with Crippen LogP contribution in [0.3, 0.4) is 0 Å². The third-order valence-electron chi connectivity index (χ3n) is 4.57. The minimum absolute atomic E-state index is 0.0773. The molecule has 0 saturated heterocycles. The van der Waals surface area contributed by atoms with Gasteiger partial charge in [0.05, 0.1) is 30.8 Å². The third kappa shape index (κ3) is 3.59. The molecule has 8 nitrogen and oxygen atoms in total. The lowest BCUT2D eigenvalue weighted by molar-refractivity contribution is 0.109. The van der Waals surface area contributed by atoms with Crippen molar-refractivity contribution < 1.29 is 26.7 Å². The fourth-order valence-corrected chi connectivity index (χ4v) is 3.76. The molecule has 0 unspecified atom stereocenters. The highest BCUT2D eigenvalue weighted by molar-refractivity contribution is 7.89. The van der Waals surface area contributed by atoms with Gasteiger partial charge in [0.15, 0.2) is 5.65 Å².